The van der Waals surface area contributed by atoms with E-state index < -0.39 is 6.10 Å². The van der Waals surface area contributed by atoms with E-state index in [-0.39, 0.29) is 30.7 Å². The van der Waals surface area contributed by atoms with Crippen LogP contribution in [0.5, 0.6) is 0 Å². The number of halogens is 2. The molecule has 1 atom stereocenters. The minimum absolute atomic E-state index is 0. The number of hydrogen-bond donors (Lipinski definition) is 2. The molecule has 0 radical (unpaired) electrons. The maximum absolute atomic E-state index is 11.7. The standard InChI is InChI=1S/C15H25N3O3S.2ClH/c1-21-9-4-16-15(20)12-18-7-5-17(6-8-18)11-13(19)14-3-2-10-22-14;;/h2-3,10,13,19H,4-9,11-12H2,1H3,(H,16,20);2*1H. The summed E-state index contributed by atoms with van der Waals surface area (Å²) in [5.41, 5.74) is 0. The van der Waals surface area contributed by atoms with Crippen molar-refractivity contribution in [1.82, 2.24) is 15.1 Å². The van der Waals surface area contributed by atoms with Crippen molar-refractivity contribution in [3.63, 3.8) is 0 Å². The number of hydrogen-bond acceptors (Lipinski definition) is 6. The molecule has 2 N–H and O–H groups in total. The molecule has 24 heavy (non-hydrogen) atoms. The van der Waals surface area contributed by atoms with Gasteiger partial charge < -0.3 is 15.2 Å². The molecule has 140 valence electrons. The Morgan fingerprint density at radius 1 is 1.33 bits per heavy atom. The molecule has 1 aromatic rings. The summed E-state index contributed by atoms with van der Waals surface area (Å²) in [6.45, 7) is 5.67. The number of β-amino-alcohol motifs (C(OH)–C–C–N with tert-alkyl or cyclic N) is 1. The second kappa shape index (κ2) is 12.9. The molecular weight excluding hydrogens is 373 g/mol. The number of nitrogens with zero attached hydrogens (tertiary/aromatic N) is 2. The Hall–Kier alpha value is -0.410. The summed E-state index contributed by atoms with van der Waals surface area (Å²) < 4.78 is 4.91. The minimum Gasteiger partial charge on any atom is -0.386 e. The number of aliphatic hydroxyl groups excluding tert-OH is 1. The normalized spacial score (nSPS) is 16.8. The van der Waals surface area contributed by atoms with Crippen LogP contribution in [0, 0.1) is 0 Å². The zero-order chi connectivity index (χ0) is 15.8. The summed E-state index contributed by atoms with van der Waals surface area (Å²) in [5, 5.41) is 15.0. The van der Waals surface area contributed by atoms with Crippen molar-refractivity contribution in [3.05, 3.63) is 22.4 Å². The molecule has 6 nitrogen and oxygen atoms in total. The number of piperazine rings is 1. The van der Waals surface area contributed by atoms with Gasteiger partial charge in [0, 0.05) is 51.3 Å². The summed E-state index contributed by atoms with van der Waals surface area (Å²) in [6, 6.07) is 3.93. The van der Waals surface area contributed by atoms with Gasteiger partial charge >= 0.3 is 0 Å². The number of carbonyl (C=O) groups excluding carboxylic acids is 1. The highest BCUT2D eigenvalue weighted by molar-refractivity contribution is 7.10. The molecule has 1 aliphatic rings. The first-order chi connectivity index (χ1) is 10.7. The van der Waals surface area contributed by atoms with Crippen LogP contribution in [0.3, 0.4) is 0 Å². The maximum atomic E-state index is 11.7. The summed E-state index contributed by atoms with van der Waals surface area (Å²) in [5.74, 6) is 0.0455. The third-order valence-corrected chi connectivity index (χ3v) is 4.74. The van der Waals surface area contributed by atoms with Gasteiger partial charge in [-0.2, -0.15) is 0 Å². The number of rotatable bonds is 8. The van der Waals surface area contributed by atoms with Crippen LogP contribution in [0.1, 0.15) is 11.0 Å². The van der Waals surface area contributed by atoms with Crippen LogP contribution < -0.4 is 5.32 Å². The van der Waals surface area contributed by atoms with Crippen molar-refractivity contribution in [3.8, 4) is 0 Å². The molecule has 1 aromatic heterocycles. The van der Waals surface area contributed by atoms with Gasteiger partial charge in [-0.15, -0.1) is 36.2 Å². The van der Waals surface area contributed by atoms with Crippen LogP contribution >= 0.6 is 36.2 Å². The fourth-order valence-corrected chi connectivity index (χ4v) is 3.20. The number of aliphatic hydroxyl groups is 1. The number of amides is 1. The first-order valence-electron chi connectivity index (χ1n) is 7.61. The molecule has 2 rings (SSSR count). The van der Waals surface area contributed by atoms with Crippen molar-refractivity contribution in [2.75, 3.05) is 59.5 Å². The number of carbonyl (C=O) groups is 1. The third kappa shape index (κ3) is 8.11. The quantitative estimate of drug-likeness (QED) is 0.638. The van der Waals surface area contributed by atoms with Gasteiger partial charge in [-0.05, 0) is 11.4 Å². The van der Waals surface area contributed by atoms with E-state index in [4.69, 9.17) is 4.74 Å². The summed E-state index contributed by atoms with van der Waals surface area (Å²) in [7, 11) is 1.62. The fraction of sp³-hybridized carbons (Fsp3) is 0.667. The lowest BCUT2D eigenvalue weighted by Gasteiger charge is -2.35. The largest absolute Gasteiger partial charge is 0.386 e. The second-order valence-electron chi connectivity index (χ2n) is 5.45. The Bertz CT molecular complexity index is 443. The number of thiophene rings is 1. The predicted octanol–water partition coefficient (Wildman–Crippen LogP) is 1.01. The number of methoxy groups -OCH3 is 1. The maximum Gasteiger partial charge on any atom is 0.234 e. The van der Waals surface area contributed by atoms with Gasteiger partial charge in [0.2, 0.25) is 5.91 Å². The van der Waals surface area contributed by atoms with Crippen molar-refractivity contribution in [2.45, 2.75) is 6.10 Å². The average molecular weight is 400 g/mol. The molecule has 1 fully saturated rings. The van der Waals surface area contributed by atoms with Gasteiger partial charge in [-0.3, -0.25) is 14.6 Å². The first-order valence-corrected chi connectivity index (χ1v) is 8.49. The molecule has 0 bridgehead atoms. The summed E-state index contributed by atoms with van der Waals surface area (Å²) >= 11 is 1.59. The summed E-state index contributed by atoms with van der Waals surface area (Å²) in [6.07, 6.45) is -0.413. The SMILES string of the molecule is COCCNC(=O)CN1CCN(CC(O)c2cccs2)CC1.Cl.Cl. The molecule has 1 amide bonds. The van der Waals surface area contributed by atoms with Crippen LogP contribution in [0.4, 0.5) is 0 Å². The summed E-state index contributed by atoms with van der Waals surface area (Å²) in [4.78, 5) is 17.2. The zero-order valence-corrected chi connectivity index (χ0v) is 16.3. The average Bonchev–Trinajstić information content (AvgIpc) is 3.04. The molecule has 0 aliphatic carbocycles. The van der Waals surface area contributed by atoms with E-state index in [0.29, 0.717) is 26.2 Å². The van der Waals surface area contributed by atoms with Crippen LogP contribution in [0.2, 0.25) is 0 Å². The van der Waals surface area contributed by atoms with Crippen molar-refractivity contribution in [2.24, 2.45) is 0 Å². The van der Waals surface area contributed by atoms with E-state index in [1.54, 1.807) is 18.4 Å². The Balaban J connectivity index is 0.00000264. The highest BCUT2D eigenvalue weighted by atomic mass is 35.5. The molecule has 2 heterocycles. The topological polar surface area (TPSA) is 65.0 Å². The van der Waals surface area contributed by atoms with E-state index in [1.807, 2.05) is 17.5 Å². The Morgan fingerprint density at radius 2 is 2.00 bits per heavy atom. The van der Waals surface area contributed by atoms with E-state index in [0.717, 1.165) is 31.1 Å². The van der Waals surface area contributed by atoms with Crippen LogP contribution in [0.25, 0.3) is 0 Å². The molecule has 1 unspecified atom stereocenters. The molecule has 9 heteroatoms. The molecule has 1 saturated heterocycles. The fourth-order valence-electron chi connectivity index (χ4n) is 2.50. The van der Waals surface area contributed by atoms with Crippen LogP contribution in [-0.4, -0.2) is 80.3 Å². The molecule has 0 aromatic carbocycles. The first kappa shape index (κ1) is 23.6. The van der Waals surface area contributed by atoms with E-state index in [9.17, 15) is 9.90 Å². The van der Waals surface area contributed by atoms with Gasteiger partial charge in [-0.1, -0.05) is 6.07 Å². The molecular formula is C15H27Cl2N3O3S. The Morgan fingerprint density at radius 3 is 2.58 bits per heavy atom. The molecule has 0 spiro atoms. The van der Waals surface area contributed by atoms with E-state index in [2.05, 4.69) is 15.1 Å². The lowest BCUT2D eigenvalue weighted by molar-refractivity contribution is -0.122. The smallest absolute Gasteiger partial charge is 0.234 e. The Labute approximate surface area is 160 Å². The van der Waals surface area contributed by atoms with Crippen LogP contribution in [0.15, 0.2) is 17.5 Å². The van der Waals surface area contributed by atoms with Gasteiger partial charge in [-0.25, -0.2) is 0 Å². The van der Waals surface area contributed by atoms with Gasteiger partial charge in [0.05, 0.1) is 13.2 Å². The van der Waals surface area contributed by atoms with E-state index >= 15 is 0 Å². The van der Waals surface area contributed by atoms with Crippen molar-refractivity contribution >= 4 is 42.1 Å². The van der Waals surface area contributed by atoms with Gasteiger partial charge in [0.15, 0.2) is 0 Å². The lowest BCUT2D eigenvalue weighted by atomic mass is 10.2. The minimum atomic E-state index is -0.413. The highest BCUT2D eigenvalue weighted by Crippen LogP contribution is 2.20. The van der Waals surface area contributed by atoms with E-state index in [1.165, 1.54) is 0 Å². The predicted molar refractivity (Wildman–Crippen MR) is 102 cm³/mol. The monoisotopic (exact) mass is 399 g/mol. The number of nitrogens with one attached hydrogen (secondary N) is 1. The number of ether oxygens (including phenoxy) is 1. The molecule has 0 saturated carbocycles. The van der Waals surface area contributed by atoms with Crippen molar-refractivity contribution < 1.29 is 14.6 Å². The third-order valence-electron chi connectivity index (χ3n) is 3.76. The van der Waals surface area contributed by atoms with Gasteiger partial charge in [0.1, 0.15) is 6.10 Å². The van der Waals surface area contributed by atoms with Gasteiger partial charge in [0.25, 0.3) is 0 Å². The van der Waals surface area contributed by atoms with Crippen molar-refractivity contribution in [1.29, 1.82) is 0 Å². The second-order valence-corrected chi connectivity index (χ2v) is 6.43. The van der Waals surface area contributed by atoms with Crippen LogP contribution in [-0.2, 0) is 9.53 Å². The Kier molecular flexibility index (Phi) is 12.7. The lowest BCUT2D eigenvalue weighted by Crippen LogP contribution is -2.50. The highest BCUT2D eigenvalue weighted by Gasteiger charge is 2.21. The zero-order valence-electron chi connectivity index (χ0n) is 13.8. The molecule has 1 aliphatic heterocycles.